The average molecular weight is 272 g/mol. The molecule has 1 rings (SSSR count). The smallest absolute Gasteiger partial charge is 0.284 e. The topological polar surface area (TPSA) is 22.1 Å². The quantitative estimate of drug-likeness (QED) is 0.769. The van der Waals surface area contributed by atoms with Crippen molar-refractivity contribution in [3.63, 3.8) is 0 Å². The van der Waals surface area contributed by atoms with E-state index in [1.165, 1.54) is 13.2 Å². The van der Waals surface area contributed by atoms with Crippen molar-refractivity contribution < 1.29 is 13.5 Å². The van der Waals surface area contributed by atoms with Gasteiger partial charge >= 0.3 is 0 Å². The molecule has 0 fully saturated rings. The highest BCUT2D eigenvalue weighted by Crippen LogP contribution is 2.35. The zero-order valence-electron chi connectivity index (χ0n) is 6.52. The van der Waals surface area contributed by atoms with Crippen molar-refractivity contribution in [1.29, 1.82) is 0 Å². The predicted molar refractivity (Wildman–Crippen MR) is 48.5 cm³/mol. The van der Waals surface area contributed by atoms with Gasteiger partial charge in [0.05, 0.1) is 11.6 Å². The van der Waals surface area contributed by atoms with E-state index in [0.717, 1.165) is 0 Å². The van der Waals surface area contributed by atoms with Crippen LogP contribution in [0, 0.1) is 0 Å². The molecule has 0 amide bonds. The Morgan fingerprint density at radius 3 is 2.69 bits per heavy atom. The van der Waals surface area contributed by atoms with Gasteiger partial charge < -0.3 is 4.74 Å². The lowest BCUT2D eigenvalue weighted by atomic mass is 10.3. The second kappa shape index (κ2) is 4.19. The Kier molecular flexibility index (Phi) is 3.44. The Labute approximate surface area is 87.0 Å². The number of methoxy groups -OCH3 is 1. The van der Waals surface area contributed by atoms with Crippen LogP contribution in [0.25, 0.3) is 0 Å². The summed E-state index contributed by atoms with van der Waals surface area (Å²) >= 11 is 8.54. The second-order valence-electron chi connectivity index (χ2n) is 2.15. The highest BCUT2D eigenvalue weighted by Gasteiger charge is 2.19. The number of hydrogen-bond donors (Lipinski definition) is 0. The molecule has 6 heteroatoms. The minimum absolute atomic E-state index is 0.00275. The monoisotopic (exact) mass is 271 g/mol. The molecule has 0 bridgehead atoms. The van der Waals surface area contributed by atoms with Crippen LogP contribution >= 0.6 is 27.5 Å². The Morgan fingerprint density at radius 1 is 1.62 bits per heavy atom. The molecule has 0 N–H and O–H groups in total. The Hall–Kier alpha value is -0.420. The normalized spacial score (nSPS) is 10.6. The number of alkyl halides is 2. The van der Waals surface area contributed by atoms with Gasteiger partial charge in [-0.25, -0.2) is 13.8 Å². The molecule has 0 radical (unpaired) electrons. The van der Waals surface area contributed by atoms with E-state index in [2.05, 4.69) is 20.9 Å². The van der Waals surface area contributed by atoms with E-state index in [1.807, 2.05) is 0 Å². The van der Waals surface area contributed by atoms with E-state index in [0.29, 0.717) is 4.47 Å². The fourth-order valence-corrected chi connectivity index (χ4v) is 1.75. The number of nitrogens with zero attached hydrogens (tertiary/aromatic N) is 1. The third-order valence-electron chi connectivity index (χ3n) is 1.33. The van der Waals surface area contributed by atoms with Crippen LogP contribution in [-0.2, 0) is 0 Å². The summed E-state index contributed by atoms with van der Waals surface area (Å²) in [7, 11) is 1.29. The molecule has 13 heavy (non-hydrogen) atoms. The van der Waals surface area contributed by atoms with Gasteiger partial charge in [-0.05, 0) is 22.0 Å². The van der Waals surface area contributed by atoms with Crippen molar-refractivity contribution in [2.45, 2.75) is 6.43 Å². The maximum absolute atomic E-state index is 12.4. The average Bonchev–Trinajstić information content (AvgIpc) is 2.02. The summed E-state index contributed by atoms with van der Waals surface area (Å²) in [5.74, 6) is 0.0133. The van der Waals surface area contributed by atoms with Gasteiger partial charge in [0.1, 0.15) is 5.15 Å². The van der Waals surface area contributed by atoms with Crippen LogP contribution in [0.2, 0.25) is 5.15 Å². The maximum atomic E-state index is 12.4. The van der Waals surface area contributed by atoms with Crippen molar-refractivity contribution in [1.82, 2.24) is 4.98 Å². The summed E-state index contributed by atoms with van der Waals surface area (Å²) in [5.41, 5.74) is -0.457. The molecule has 0 aliphatic heterocycles. The van der Waals surface area contributed by atoms with Crippen LogP contribution in [0.15, 0.2) is 10.5 Å². The summed E-state index contributed by atoms with van der Waals surface area (Å²) in [4.78, 5) is 3.46. The van der Waals surface area contributed by atoms with Crippen molar-refractivity contribution in [2.24, 2.45) is 0 Å². The Morgan fingerprint density at radius 2 is 2.23 bits per heavy atom. The molecule has 1 aromatic heterocycles. The number of pyridine rings is 1. The summed E-state index contributed by atoms with van der Waals surface area (Å²) in [5, 5.41) is 0.00275. The summed E-state index contributed by atoms with van der Waals surface area (Å²) in [6.07, 6.45) is -2.70. The SMILES string of the molecule is COc1c(Br)cc(Cl)nc1C(F)F. The second-order valence-corrected chi connectivity index (χ2v) is 3.39. The fourth-order valence-electron chi connectivity index (χ4n) is 0.841. The van der Waals surface area contributed by atoms with E-state index in [1.54, 1.807) is 0 Å². The molecule has 1 aromatic rings. The van der Waals surface area contributed by atoms with Crippen LogP contribution in [0.5, 0.6) is 5.75 Å². The number of hydrogen-bond acceptors (Lipinski definition) is 2. The van der Waals surface area contributed by atoms with Gasteiger partial charge in [0.25, 0.3) is 6.43 Å². The lowest BCUT2D eigenvalue weighted by molar-refractivity contribution is 0.141. The Balaban J connectivity index is 3.29. The lowest BCUT2D eigenvalue weighted by Crippen LogP contribution is -1.97. The predicted octanol–water partition coefficient (Wildman–Crippen LogP) is 3.44. The minimum atomic E-state index is -2.70. The number of rotatable bonds is 2. The zero-order valence-corrected chi connectivity index (χ0v) is 8.86. The summed E-state index contributed by atoms with van der Waals surface area (Å²) < 4.78 is 29.8. The van der Waals surface area contributed by atoms with Crippen LogP contribution in [-0.4, -0.2) is 12.1 Å². The van der Waals surface area contributed by atoms with E-state index >= 15 is 0 Å². The third kappa shape index (κ3) is 2.28. The molecule has 0 unspecified atom stereocenters. The van der Waals surface area contributed by atoms with E-state index in [-0.39, 0.29) is 10.9 Å². The molecular weight excluding hydrogens is 267 g/mol. The lowest BCUT2D eigenvalue weighted by Gasteiger charge is -2.08. The molecule has 1 heterocycles. The van der Waals surface area contributed by atoms with Gasteiger partial charge in [0.2, 0.25) is 0 Å². The molecule has 0 aliphatic carbocycles. The number of ether oxygens (including phenoxy) is 1. The molecular formula is C7H5BrClF2NO. The highest BCUT2D eigenvalue weighted by molar-refractivity contribution is 9.10. The number of aromatic nitrogens is 1. The van der Waals surface area contributed by atoms with Crippen molar-refractivity contribution in [2.75, 3.05) is 7.11 Å². The van der Waals surface area contributed by atoms with Gasteiger partial charge in [0.15, 0.2) is 11.4 Å². The molecule has 0 saturated heterocycles. The zero-order chi connectivity index (χ0) is 10.0. The van der Waals surface area contributed by atoms with Crippen molar-refractivity contribution >= 4 is 27.5 Å². The largest absolute Gasteiger partial charge is 0.493 e. The first-order chi connectivity index (χ1) is 6.06. The van der Waals surface area contributed by atoms with Gasteiger partial charge in [-0.1, -0.05) is 11.6 Å². The third-order valence-corrected chi connectivity index (χ3v) is 2.12. The molecule has 0 aliphatic rings. The molecule has 0 saturated carbocycles. The molecule has 0 aromatic carbocycles. The van der Waals surface area contributed by atoms with Crippen LogP contribution < -0.4 is 4.74 Å². The van der Waals surface area contributed by atoms with Crippen LogP contribution in [0.4, 0.5) is 8.78 Å². The van der Waals surface area contributed by atoms with Crippen molar-refractivity contribution in [3.8, 4) is 5.75 Å². The molecule has 0 atom stereocenters. The first-order valence-corrected chi connectivity index (χ1v) is 4.41. The van der Waals surface area contributed by atoms with Gasteiger partial charge in [0, 0.05) is 0 Å². The first-order valence-electron chi connectivity index (χ1n) is 3.24. The highest BCUT2D eigenvalue weighted by atomic mass is 79.9. The van der Waals surface area contributed by atoms with Gasteiger partial charge in [-0.15, -0.1) is 0 Å². The molecule has 72 valence electrons. The molecule has 0 spiro atoms. The minimum Gasteiger partial charge on any atom is -0.493 e. The summed E-state index contributed by atoms with van der Waals surface area (Å²) in [6, 6.07) is 1.40. The van der Waals surface area contributed by atoms with Crippen LogP contribution in [0.1, 0.15) is 12.1 Å². The van der Waals surface area contributed by atoms with Gasteiger partial charge in [-0.3, -0.25) is 0 Å². The number of halogens is 4. The first kappa shape index (κ1) is 10.7. The van der Waals surface area contributed by atoms with Gasteiger partial charge in [-0.2, -0.15) is 0 Å². The van der Waals surface area contributed by atoms with E-state index in [4.69, 9.17) is 16.3 Å². The van der Waals surface area contributed by atoms with Crippen molar-refractivity contribution in [3.05, 3.63) is 21.4 Å². The van der Waals surface area contributed by atoms with Crippen LogP contribution in [0.3, 0.4) is 0 Å². The van der Waals surface area contributed by atoms with E-state index in [9.17, 15) is 8.78 Å². The summed E-state index contributed by atoms with van der Waals surface area (Å²) in [6.45, 7) is 0. The molecule has 2 nitrogen and oxygen atoms in total. The standard InChI is InChI=1S/C7H5BrClF2NO/c1-13-6-3(8)2-4(9)12-5(6)7(10)11/h2,7H,1H3. The maximum Gasteiger partial charge on any atom is 0.284 e. The Bertz CT molecular complexity index is 322. The van der Waals surface area contributed by atoms with E-state index < -0.39 is 12.1 Å². The fraction of sp³-hybridized carbons (Fsp3) is 0.286.